The van der Waals surface area contributed by atoms with Crippen molar-refractivity contribution in [2.24, 2.45) is 5.92 Å². The molecule has 1 saturated carbocycles. The monoisotopic (exact) mass is 306 g/mol. The van der Waals surface area contributed by atoms with E-state index in [4.69, 9.17) is 0 Å². The standard InChI is InChI=1S/C19H22N4/c1-3-7-14(8-4-1)12-20-18-16-11-17(15-9-5-2-6-10-15)23-19(16)22-13-21-18/h2,5-6,9-11,13-14H,1,3-4,7-8,12H2,(H2,20,21,22,23). The smallest absolute Gasteiger partial charge is 0.143 e. The van der Waals surface area contributed by atoms with E-state index in [1.807, 2.05) is 6.07 Å². The number of fused-ring (bicyclic) bond motifs is 1. The first-order valence-electron chi connectivity index (χ1n) is 8.53. The molecule has 4 nitrogen and oxygen atoms in total. The van der Waals surface area contributed by atoms with E-state index in [-0.39, 0.29) is 0 Å². The van der Waals surface area contributed by atoms with Gasteiger partial charge < -0.3 is 10.3 Å². The highest BCUT2D eigenvalue weighted by Crippen LogP contribution is 2.28. The van der Waals surface area contributed by atoms with Gasteiger partial charge >= 0.3 is 0 Å². The molecule has 0 bridgehead atoms. The summed E-state index contributed by atoms with van der Waals surface area (Å²) in [6.45, 7) is 1.01. The molecule has 4 heteroatoms. The number of benzene rings is 1. The molecule has 3 aromatic rings. The molecule has 0 spiro atoms. The molecule has 2 aromatic heterocycles. The molecule has 0 radical (unpaired) electrons. The van der Waals surface area contributed by atoms with Crippen LogP contribution in [0, 0.1) is 5.92 Å². The molecular formula is C19H22N4. The van der Waals surface area contributed by atoms with E-state index in [0.717, 1.165) is 35.0 Å². The highest BCUT2D eigenvalue weighted by molar-refractivity contribution is 5.91. The van der Waals surface area contributed by atoms with Crippen molar-refractivity contribution < 1.29 is 0 Å². The van der Waals surface area contributed by atoms with Crippen LogP contribution in [-0.2, 0) is 0 Å². The molecule has 0 amide bonds. The van der Waals surface area contributed by atoms with Gasteiger partial charge in [0.15, 0.2) is 0 Å². The van der Waals surface area contributed by atoms with Gasteiger partial charge in [-0.2, -0.15) is 0 Å². The van der Waals surface area contributed by atoms with Crippen LogP contribution in [-0.4, -0.2) is 21.5 Å². The van der Waals surface area contributed by atoms with Crippen LogP contribution >= 0.6 is 0 Å². The molecule has 1 fully saturated rings. The van der Waals surface area contributed by atoms with Gasteiger partial charge in [0.05, 0.1) is 5.39 Å². The van der Waals surface area contributed by atoms with Crippen LogP contribution in [0.5, 0.6) is 0 Å². The normalized spacial score (nSPS) is 15.8. The van der Waals surface area contributed by atoms with Gasteiger partial charge in [-0.1, -0.05) is 49.6 Å². The van der Waals surface area contributed by atoms with Crippen molar-refractivity contribution in [3.63, 3.8) is 0 Å². The first-order chi connectivity index (χ1) is 11.4. The summed E-state index contributed by atoms with van der Waals surface area (Å²) in [6, 6.07) is 12.5. The van der Waals surface area contributed by atoms with Gasteiger partial charge in [0.25, 0.3) is 0 Å². The third kappa shape index (κ3) is 3.07. The maximum Gasteiger partial charge on any atom is 0.143 e. The van der Waals surface area contributed by atoms with Gasteiger partial charge in [-0.05, 0) is 30.4 Å². The van der Waals surface area contributed by atoms with Crippen LogP contribution in [0.3, 0.4) is 0 Å². The van der Waals surface area contributed by atoms with Crippen LogP contribution < -0.4 is 5.32 Å². The topological polar surface area (TPSA) is 53.6 Å². The Kier molecular flexibility index (Phi) is 3.97. The lowest BCUT2D eigenvalue weighted by Crippen LogP contribution is -2.17. The van der Waals surface area contributed by atoms with Gasteiger partial charge in [-0.25, -0.2) is 9.97 Å². The van der Waals surface area contributed by atoms with Crippen LogP contribution in [0.4, 0.5) is 5.82 Å². The predicted molar refractivity (Wildman–Crippen MR) is 94.4 cm³/mol. The first kappa shape index (κ1) is 14.2. The Labute approximate surface area is 136 Å². The molecule has 23 heavy (non-hydrogen) atoms. The SMILES string of the molecule is c1ccc(-c2cc3c(NCC4CCCCC4)ncnc3[nH]2)cc1. The van der Waals surface area contributed by atoms with Crippen LogP contribution in [0.25, 0.3) is 22.3 Å². The molecule has 118 valence electrons. The van der Waals surface area contributed by atoms with E-state index >= 15 is 0 Å². The summed E-state index contributed by atoms with van der Waals surface area (Å²) in [4.78, 5) is 12.2. The lowest BCUT2D eigenvalue weighted by atomic mass is 9.89. The Morgan fingerprint density at radius 2 is 1.87 bits per heavy atom. The van der Waals surface area contributed by atoms with E-state index < -0.39 is 0 Å². The molecule has 0 saturated heterocycles. The van der Waals surface area contributed by atoms with Crippen molar-refractivity contribution in [3.05, 3.63) is 42.7 Å². The minimum absolute atomic E-state index is 0.779. The molecule has 2 N–H and O–H groups in total. The van der Waals surface area contributed by atoms with E-state index in [0.29, 0.717) is 0 Å². The summed E-state index contributed by atoms with van der Waals surface area (Å²) in [7, 11) is 0. The number of nitrogens with zero attached hydrogens (tertiary/aromatic N) is 2. The fourth-order valence-corrected chi connectivity index (χ4v) is 3.49. The Morgan fingerprint density at radius 1 is 1.04 bits per heavy atom. The quantitative estimate of drug-likeness (QED) is 0.739. The molecule has 0 atom stereocenters. The van der Waals surface area contributed by atoms with Crippen molar-refractivity contribution in [2.45, 2.75) is 32.1 Å². The van der Waals surface area contributed by atoms with Gasteiger partial charge in [-0.15, -0.1) is 0 Å². The molecule has 0 unspecified atom stereocenters. The molecular weight excluding hydrogens is 284 g/mol. The molecule has 4 rings (SSSR count). The number of anilines is 1. The van der Waals surface area contributed by atoms with Crippen LogP contribution in [0.2, 0.25) is 0 Å². The first-order valence-corrected chi connectivity index (χ1v) is 8.53. The molecule has 0 aliphatic heterocycles. The zero-order chi connectivity index (χ0) is 15.5. The van der Waals surface area contributed by atoms with Crippen molar-refractivity contribution in [2.75, 3.05) is 11.9 Å². The fraction of sp³-hybridized carbons (Fsp3) is 0.368. The number of hydrogen-bond donors (Lipinski definition) is 2. The largest absolute Gasteiger partial charge is 0.369 e. The highest BCUT2D eigenvalue weighted by Gasteiger charge is 2.14. The zero-order valence-corrected chi connectivity index (χ0v) is 13.3. The number of rotatable bonds is 4. The molecule has 1 aromatic carbocycles. The van der Waals surface area contributed by atoms with Crippen LogP contribution in [0.1, 0.15) is 32.1 Å². The lowest BCUT2D eigenvalue weighted by molar-refractivity contribution is 0.373. The van der Waals surface area contributed by atoms with Gasteiger partial charge in [0.1, 0.15) is 17.8 Å². The number of hydrogen-bond acceptors (Lipinski definition) is 3. The van der Waals surface area contributed by atoms with Crippen molar-refractivity contribution >= 4 is 16.9 Å². The summed E-state index contributed by atoms with van der Waals surface area (Å²) in [5, 5.41) is 4.62. The number of aromatic nitrogens is 3. The average molecular weight is 306 g/mol. The van der Waals surface area contributed by atoms with Gasteiger partial charge in [0.2, 0.25) is 0 Å². The molecule has 1 aliphatic rings. The Balaban J connectivity index is 1.58. The third-order valence-electron chi connectivity index (χ3n) is 4.79. The average Bonchev–Trinajstić information content (AvgIpc) is 3.06. The van der Waals surface area contributed by atoms with Gasteiger partial charge in [-0.3, -0.25) is 0 Å². The second-order valence-corrected chi connectivity index (χ2v) is 6.42. The van der Waals surface area contributed by atoms with E-state index in [1.165, 1.54) is 37.7 Å². The molecule has 1 aliphatic carbocycles. The summed E-state index contributed by atoms with van der Waals surface area (Å²) >= 11 is 0. The summed E-state index contributed by atoms with van der Waals surface area (Å²) in [5.41, 5.74) is 3.15. The second-order valence-electron chi connectivity index (χ2n) is 6.42. The predicted octanol–water partition coefficient (Wildman–Crippen LogP) is 4.62. The van der Waals surface area contributed by atoms with Crippen molar-refractivity contribution in [3.8, 4) is 11.3 Å². The number of nitrogens with one attached hydrogen (secondary N) is 2. The Morgan fingerprint density at radius 3 is 2.70 bits per heavy atom. The third-order valence-corrected chi connectivity index (χ3v) is 4.79. The molecule has 2 heterocycles. The Bertz CT molecular complexity index is 772. The Hall–Kier alpha value is -2.36. The lowest BCUT2D eigenvalue weighted by Gasteiger charge is -2.22. The number of aromatic amines is 1. The van der Waals surface area contributed by atoms with Crippen LogP contribution in [0.15, 0.2) is 42.7 Å². The van der Waals surface area contributed by atoms with Crippen molar-refractivity contribution in [1.82, 2.24) is 15.0 Å². The van der Waals surface area contributed by atoms with E-state index in [9.17, 15) is 0 Å². The fourth-order valence-electron chi connectivity index (χ4n) is 3.49. The van der Waals surface area contributed by atoms with Crippen molar-refractivity contribution in [1.29, 1.82) is 0 Å². The summed E-state index contributed by atoms with van der Waals surface area (Å²) < 4.78 is 0. The maximum absolute atomic E-state index is 4.46. The zero-order valence-electron chi connectivity index (χ0n) is 13.3. The highest BCUT2D eigenvalue weighted by atomic mass is 15.0. The van der Waals surface area contributed by atoms with Gasteiger partial charge in [0, 0.05) is 12.2 Å². The number of H-pyrrole nitrogens is 1. The minimum atomic E-state index is 0.779. The maximum atomic E-state index is 4.46. The second kappa shape index (κ2) is 6.41. The minimum Gasteiger partial charge on any atom is -0.369 e. The van der Waals surface area contributed by atoms with E-state index in [1.54, 1.807) is 6.33 Å². The van der Waals surface area contributed by atoms with E-state index in [2.05, 4.69) is 50.6 Å². The summed E-state index contributed by atoms with van der Waals surface area (Å²) in [6.07, 6.45) is 8.44. The summed E-state index contributed by atoms with van der Waals surface area (Å²) in [5.74, 6) is 1.72.